The van der Waals surface area contributed by atoms with Gasteiger partial charge in [-0.2, -0.15) is 0 Å². The number of benzene rings is 1. The number of halogens is 1. The van der Waals surface area contributed by atoms with Crippen LogP contribution in [0.1, 0.15) is 57.7 Å². The third kappa shape index (κ3) is 6.43. The molecule has 0 aliphatic rings. The van der Waals surface area contributed by atoms with Crippen LogP contribution in [0.15, 0.2) is 30.3 Å². The predicted molar refractivity (Wildman–Crippen MR) is 123 cm³/mol. The number of carbonyl (C=O) groups is 1. The van der Waals surface area contributed by atoms with Crippen molar-refractivity contribution in [2.75, 3.05) is 17.6 Å². The Bertz CT molecular complexity index is 1060. The maximum absolute atomic E-state index is 13.5. The van der Waals surface area contributed by atoms with Crippen molar-refractivity contribution < 1.29 is 17.6 Å². The Morgan fingerprint density at radius 1 is 1.16 bits per heavy atom. The first-order valence-electron chi connectivity index (χ1n) is 10.3. The van der Waals surface area contributed by atoms with Gasteiger partial charge in [0.2, 0.25) is 16.0 Å². The van der Waals surface area contributed by atoms with Crippen molar-refractivity contribution in [3.8, 4) is 11.3 Å². The summed E-state index contributed by atoms with van der Waals surface area (Å²) in [5.41, 5.74) is 2.26. The van der Waals surface area contributed by atoms with Crippen molar-refractivity contribution in [2.45, 2.75) is 46.5 Å². The smallest absolute Gasteiger partial charge is 0.239 e. The highest BCUT2D eigenvalue weighted by Crippen LogP contribution is 2.31. The quantitative estimate of drug-likeness (QED) is 0.515. The van der Waals surface area contributed by atoms with Crippen LogP contribution in [0, 0.1) is 11.7 Å². The number of carbonyl (C=O) groups excluding carboxylic acids is 1. The molecule has 0 saturated heterocycles. The number of aromatic nitrogens is 2. The van der Waals surface area contributed by atoms with Gasteiger partial charge < -0.3 is 0 Å². The molecule has 0 fully saturated rings. The molecule has 0 aliphatic carbocycles. The molecule has 1 heterocycles. The van der Waals surface area contributed by atoms with Gasteiger partial charge in [-0.05, 0) is 48.3 Å². The molecule has 1 unspecified atom stereocenters. The summed E-state index contributed by atoms with van der Waals surface area (Å²) >= 11 is 0. The fraction of sp³-hybridized carbons (Fsp3) is 0.435. The molecule has 6 nitrogen and oxygen atoms in total. The second-order valence-corrected chi connectivity index (χ2v) is 10.1. The Morgan fingerprint density at radius 2 is 1.77 bits per heavy atom. The van der Waals surface area contributed by atoms with E-state index in [1.54, 1.807) is 18.2 Å². The van der Waals surface area contributed by atoms with Crippen LogP contribution in [-0.4, -0.2) is 37.5 Å². The van der Waals surface area contributed by atoms with E-state index in [9.17, 15) is 17.6 Å². The summed E-state index contributed by atoms with van der Waals surface area (Å²) in [6.45, 7) is 7.92. The van der Waals surface area contributed by atoms with Gasteiger partial charge in [0, 0.05) is 24.6 Å². The topological polar surface area (TPSA) is 80.2 Å². The van der Waals surface area contributed by atoms with E-state index in [1.165, 1.54) is 25.3 Å². The molecular formula is C23H30FN3O3S. The lowest BCUT2D eigenvalue weighted by molar-refractivity contribution is -0.115. The van der Waals surface area contributed by atoms with Crippen LogP contribution >= 0.6 is 0 Å². The number of rotatable bonds is 9. The van der Waals surface area contributed by atoms with Crippen LogP contribution in [0.25, 0.3) is 17.3 Å². The average Bonchev–Trinajstić information content (AvgIpc) is 2.70. The van der Waals surface area contributed by atoms with Crippen LogP contribution in [-0.2, 0) is 14.8 Å². The van der Waals surface area contributed by atoms with E-state index >= 15 is 0 Å². The fourth-order valence-electron chi connectivity index (χ4n) is 2.93. The van der Waals surface area contributed by atoms with Crippen molar-refractivity contribution in [1.82, 2.24) is 9.97 Å². The van der Waals surface area contributed by atoms with E-state index in [4.69, 9.17) is 0 Å². The third-order valence-electron chi connectivity index (χ3n) is 5.09. The van der Waals surface area contributed by atoms with Gasteiger partial charge in [-0.15, -0.1) is 0 Å². The predicted octanol–water partition coefficient (Wildman–Crippen LogP) is 4.82. The summed E-state index contributed by atoms with van der Waals surface area (Å²) in [6, 6.07) is 5.77. The van der Waals surface area contributed by atoms with Gasteiger partial charge in [0.25, 0.3) is 0 Å². The van der Waals surface area contributed by atoms with Crippen molar-refractivity contribution in [3.05, 3.63) is 47.4 Å². The molecule has 0 N–H and O–H groups in total. The number of sulfonamides is 1. The highest BCUT2D eigenvalue weighted by Gasteiger charge is 2.22. The molecule has 1 aromatic carbocycles. The van der Waals surface area contributed by atoms with Crippen LogP contribution in [0.3, 0.4) is 0 Å². The maximum atomic E-state index is 13.5. The lowest BCUT2D eigenvalue weighted by Crippen LogP contribution is -2.27. The number of hydrogen-bond donors (Lipinski definition) is 0. The Hall–Kier alpha value is -2.61. The van der Waals surface area contributed by atoms with E-state index in [2.05, 4.69) is 9.97 Å². The molecule has 31 heavy (non-hydrogen) atoms. The first-order valence-corrected chi connectivity index (χ1v) is 12.1. The number of nitrogens with zero attached hydrogens (tertiary/aromatic N) is 3. The van der Waals surface area contributed by atoms with Gasteiger partial charge in [0.15, 0.2) is 5.78 Å². The molecule has 1 aromatic heterocycles. The molecule has 0 spiro atoms. The lowest BCUT2D eigenvalue weighted by atomic mass is 9.96. The number of allylic oxidation sites excluding steroid dienone is 1. The SMILES string of the molecule is CCC(C)CC(=O)/C=C/c1c(-c2ccc(F)cc2)nc(N(C)S(C)(=O)=O)nc1C(C)C. The van der Waals surface area contributed by atoms with Gasteiger partial charge in [-0.25, -0.2) is 27.1 Å². The zero-order valence-corrected chi connectivity index (χ0v) is 19.7. The maximum Gasteiger partial charge on any atom is 0.239 e. The lowest BCUT2D eigenvalue weighted by Gasteiger charge is -2.20. The second kappa shape index (κ2) is 10.1. The summed E-state index contributed by atoms with van der Waals surface area (Å²) in [5.74, 6) is -0.171. The Balaban J connectivity index is 2.70. The highest BCUT2D eigenvalue weighted by molar-refractivity contribution is 7.92. The van der Waals surface area contributed by atoms with E-state index in [0.29, 0.717) is 28.9 Å². The molecule has 0 aliphatic heterocycles. The summed E-state index contributed by atoms with van der Waals surface area (Å²) in [6.07, 6.45) is 5.62. The summed E-state index contributed by atoms with van der Waals surface area (Å²) in [5, 5.41) is 0. The Morgan fingerprint density at radius 3 is 2.29 bits per heavy atom. The molecule has 0 amide bonds. The molecule has 2 rings (SSSR count). The first kappa shape index (κ1) is 24.7. The minimum atomic E-state index is -3.58. The Labute approximate surface area is 184 Å². The van der Waals surface area contributed by atoms with E-state index in [0.717, 1.165) is 17.0 Å². The molecular weight excluding hydrogens is 417 g/mol. The largest absolute Gasteiger partial charge is 0.295 e. The van der Waals surface area contributed by atoms with Crippen molar-refractivity contribution in [3.63, 3.8) is 0 Å². The molecule has 168 valence electrons. The van der Waals surface area contributed by atoms with Gasteiger partial charge in [-0.1, -0.05) is 34.1 Å². The summed E-state index contributed by atoms with van der Waals surface area (Å²) in [4.78, 5) is 21.4. The summed E-state index contributed by atoms with van der Waals surface area (Å²) < 4.78 is 38.7. The van der Waals surface area contributed by atoms with E-state index in [-0.39, 0.29) is 23.6 Å². The van der Waals surface area contributed by atoms with Gasteiger partial charge in [0.1, 0.15) is 5.82 Å². The van der Waals surface area contributed by atoms with Crippen molar-refractivity contribution in [2.24, 2.45) is 5.92 Å². The molecule has 1 atom stereocenters. The molecule has 2 aromatic rings. The van der Waals surface area contributed by atoms with Crippen LogP contribution < -0.4 is 4.31 Å². The zero-order valence-electron chi connectivity index (χ0n) is 18.9. The van der Waals surface area contributed by atoms with Gasteiger partial charge >= 0.3 is 0 Å². The summed E-state index contributed by atoms with van der Waals surface area (Å²) in [7, 11) is -2.20. The monoisotopic (exact) mass is 447 g/mol. The van der Waals surface area contributed by atoms with Crippen LogP contribution in [0.5, 0.6) is 0 Å². The van der Waals surface area contributed by atoms with Crippen molar-refractivity contribution in [1.29, 1.82) is 0 Å². The van der Waals surface area contributed by atoms with Gasteiger partial charge in [0.05, 0.1) is 17.6 Å². The number of anilines is 1. The Kier molecular flexibility index (Phi) is 8.06. The molecule has 8 heteroatoms. The second-order valence-electron chi connectivity index (χ2n) is 8.08. The molecule has 0 saturated carbocycles. The normalized spacial score (nSPS) is 13.0. The fourth-order valence-corrected chi connectivity index (χ4v) is 3.31. The van der Waals surface area contributed by atoms with E-state index < -0.39 is 15.8 Å². The average molecular weight is 448 g/mol. The minimum absolute atomic E-state index is 0.00792. The molecule has 0 radical (unpaired) electrons. The zero-order chi connectivity index (χ0) is 23.3. The van der Waals surface area contributed by atoms with Crippen molar-refractivity contribution >= 4 is 27.8 Å². The highest BCUT2D eigenvalue weighted by atomic mass is 32.2. The van der Waals surface area contributed by atoms with Crippen LogP contribution in [0.2, 0.25) is 0 Å². The minimum Gasteiger partial charge on any atom is -0.295 e. The van der Waals surface area contributed by atoms with Gasteiger partial charge in [-0.3, -0.25) is 4.79 Å². The first-order chi connectivity index (χ1) is 14.4. The van der Waals surface area contributed by atoms with Crippen LogP contribution in [0.4, 0.5) is 10.3 Å². The number of hydrogen-bond acceptors (Lipinski definition) is 5. The number of ketones is 1. The third-order valence-corrected chi connectivity index (χ3v) is 6.25. The standard InChI is InChI=1S/C23H30FN3O3S/c1-7-16(4)14-19(28)12-13-20-21(15(2)3)25-23(27(5)31(6,29)30)26-22(20)17-8-10-18(24)11-9-17/h8-13,15-16H,7,14H2,1-6H3/b13-12+. The molecule has 0 bridgehead atoms. The van der Waals surface area contributed by atoms with E-state index in [1.807, 2.05) is 27.7 Å².